The Balaban J connectivity index is 2.51. The third kappa shape index (κ3) is 4.06. The summed E-state index contributed by atoms with van der Waals surface area (Å²) < 4.78 is 0. The van der Waals surface area contributed by atoms with Gasteiger partial charge < -0.3 is 10.2 Å². The lowest BCUT2D eigenvalue weighted by Gasteiger charge is -2.21. The molecule has 0 bridgehead atoms. The number of nitrogens with one attached hydrogen (secondary N) is 1. The number of benzene rings is 1. The molecule has 0 aliphatic heterocycles. The van der Waals surface area contributed by atoms with E-state index in [9.17, 15) is 4.79 Å². The van der Waals surface area contributed by atoms with Crippen LogP contribution in [0.1, 0.15) is 39.2 Å². The maximum Gasteiger partial charge on any atom is 0.241 e. The summed E-state index contributed by atoms with van der Waals surface area (Å²) >= 11 is 0. The van der Waals surface area contributed by atoms with Crippen molar-refractivity contribution in [3.8, 4) is 0 Å². The fourth-order valence-electron chi connectivity index (χ4n) is 1.58. The Morgan fingerprint density at radius 1 is 1.17 bits per heavy atom. The molecule has 0 aromatic heterocycles. The molecule has 1 aromatic rings. The first-order valence-corrected chi connectivity index (χ1v) is 6.51. The predicted octanol–water partition coefficient (Wildman–Crippen LogP) is 3.09. The molecule has 0 spiro atoms. The number of amides is 1. The van der Waals surface area contributed by atoms with E-state index in [0.29, 0.717) is 12.5 Å². The topological polar surface area (TPSA) is 32.3 Å². The highest BCUT2D eigenvalue weighted by Gasteiger charge is 2.11. The maximum atomic E-state index is 11.8. The van der Waals surface area contributed by atoms with Crippen LogP contribution in [0.15, 0.2) is 24.3 Å². The van der Waals surface area contributed by atoms with E-state index in [2.05, 4.69) is 31.3 Å². The molecule has 0 atom stereocenters. The maximum absolute atomic E-state index is 11.8. The van der Waals surface area contributed by atoms with Crippen molar-refractivity contribution in [2.75, 3.05) is 18.9 Å². The van der Waals surface area contributed by atoms with E-state index in [1.165, 1.54) is 5.56 Å². The van der Waals surface area contributed by atoms with Crippen molar-refractivity contribution < 1.29 is 4.79 Å². The average Bonchev–Trinajstić information content (AvgIpc) is 2.35. The van der Waals surface area contributed by atoms with Gasteiger partial charge >= 0.3 is 0 Å². The Kier molecular flexibility index (Phi) is 5.20. The van der Waals surface area contributed by atoms with E-state index in [1.54, 1.807) is 4.90 Å². The van der Waals surface area contributed by atoms with Crippen LogP contribution in [0.2, 0.25) is 0 Å². The first kappa shape index (κ1) is 14.6. The molecule has 1 aromatic carbocycles. The molecular formula is C15H24N2O. The Morgan fingerprint density at radius 3 is 2.17 bits per heavy atom. The summed E-state index contributed by atoms with van der Waals surface area (Å²) in [6.07, 6.45) is 0. The molecule has 1 rings (SSSR count). The van der Waals surface area contributed by atoms with Crippen molar-refractivity contribution >= 4 is 11.6 Å². The molecule has 1 N–H and O–H groups in total. The number of hydrogen-bond acceptors (Lipinski definition) is 2. The van der Waals surface area contributed by atoms with Crippen molar-refractivity contribution in [1.82, 2.24) is 4.90 Å². The third-order valence-electron chi connectivity index (χ3n) is 3.19. The Bertz CT molecular complexity index is 382. The fraction of sp³-hybridized carbons (Fsp3) is 0.533. The summed E-state index contributed by atoms with van der Waals surface area (Å²) in [5, 5.41) is 3.16. The summed E-state index contributed by atoms with van der Waals surface area (Å²) in [6, 6.07) is 8.49. The van der Waals surface area contributed by atoms with Gasteiger partial charge in [0.05, 0.1) is 6.54 Å². The number of carbonyl (C=O) groups is 1. The minimum absolute atomic E-state index is 0.109. The van der Waals surface area contributed by atoms with Crippen LogP contribution in [0.25, 0.3) is 0 Å². The monoisotopic (exact) mass is 248 g/mol. The zero-order chi connectivity index (χ0) is 13.7. The highest BCUT2D eigenvalue weighted by atomic mass is 16.2. The van der Waals surface area contributed by atoms with Crippen molar-refractivity contribution in [2.24, 2.45) is 0 Å². The fourth-order valence-corrected chi connectivity index (χ4v) is 1.58. The number of likely N-dealkylation sites (N-methyl/N-ethyl adjacent to an activating group) is 1. The average molecular weight is 248 g/mol. The molecule has 100 valence electrons. The van der Waals surface area contributed by atoms with Crippen LogP contribution in [0, 0.1) is 0 Å². The third-order valence-corrected chi connectivity index (χ3v) is 3.19. The molecule has 3 heteroatoms. The van der Waals surface area contributed by atoms with Gasteiger partial charge in [-0.2, -0.15) is 0 Å². The summed E-state index contributed by atoms with van der Waals surface area (Å²) in [6.45, 7) is 8.70. The van der Waals surface area contributed by atoms with Crippen LogP contribution in [-0.4, -0.2) is 30.4 Å². The highest BCUT2D eigenvalue weighted by Crippen LogP contribution is 2.16. The van der Waals surface area contributed by atoms with Gasteiger partial charge in [0.25, 0.3) is 0 Å². The van der Waals surface area contributed by atoms with Gasteiger partial charge in [-0.1, -0.05) is 26.0 Å². The van der Waals surface area contributed by atoms with Crippen molar-refractivity contribution in [3.63, 3.8) is 0 Å². The van der Waals surface area contributed by atoms with Gasteiger partial charge in [0.1, 0.15) is 0 Å². The first-order valence-electron chi connectivity index (χ1n) is 6.51. The van der Waals surface area contributed by atoms with Gasteiger partial charge in [-0.3, -0.25) is 4.79 Å². The molecule has 1 amide bonds. The van der Waals surface area contributed by atoms with Crippen LogP contribution < -0.4 is 5.32 Å². The summed E-state index contributed by atoms with van der Waals surface area (Å²) in [5.41, 5.74) is 2.30. The second-order valence-corrected chi connectivity index (χ2v) is 5.23. The lowest BCUT2D eigenvalue weighted by molar-refractivity contribution is -0.129. The second kappa shape index (κ2) is 6.43. The molecule has 3 nitrogen and oxygen atoms in total. The minimum atomic E-state index is 0.109. The molecule has 0 aliphatic rings. The molecule has 0 heterocycles. The summed E-state index contributed by atoms with van der Waals surface area (Å²) in [7, 11) is 1.83. The first-order chi connectivity index (χ1) is 8.41. The van der Waals surface area contributed by atoms with Gasteiger partial charge in [-0.15, -0.1) is 0 Å². The molecule has 0 saturated carbocycles. The quantitative estimate of drug-likeness (QED) is 0.868. The molecule has 0 aliphatic carbocycles. The van der Waals surface area contributed by atoms with Gasteiger partial charge in [0, 0.05) is 18.8 Å². The Hall–Kier alpha value is -1.51. The number of hydrogen-bond donors (Lipinski definition) is 1. The van der Waals surface area contributed by atoms with Crippen LogP contribution in [0.4, 0.5) is 5.69 Å². The van der Waals surface area contributed by atoms with E-state index < -0.39 is 0 Å². The summed E-state index contributed by atoms with van der Waals surface area (Å²) in [5.74, 6) is 0.644. The van der Waals surface area contributed by atoms with Gasteiger partial charge in [-0.25, -0.2) is 0 Å². The number of nitrogens with zero attached hydrogens (tertiary/aromatic N) is 1. The Labute approximate surface area is 110 Å². The second-order valence-electron chi connectivity index (χ2n) is 5.23. The molecule has 0 fully saturated rings. The SMILES string of the molecule is CC(C)c1ccc(NCC(=O)N(C)C(C)C)cc1. The van der Waals surface area contributed by atoms with Crippen molar-refractivity contribution in [1.29, 1.82) is 0 Å². The lowest BCUT2D eigenvalue weighted by atomic mass is 10.0. The van der Waals surface area contributed by atoms with Gasteiger partial charge in [0.2, 0.25) is 5.91 Å². The zero-order valence-electron chi connectivity index (χ0n) is 12.0. The van der Waals surface area contributed by atoms with E-state index in [1.807, 2.05) is 33.0 Å². The largest absolute Gasteiger partial charge is 0.376 e. The smallest absolute Gasteiger partial charge is 0.241 e. The van der Waals surface area contributed by atoms with E-state index >= 15 is 0 Å². The Morgan fingerprint density at radius 2 is 1.72 bits per heavy atom. The zero-order valence-corrected chi connectivity index (χ0v) is 12.0. The van der Waals surface area contributed by atoms with Crippen LogP contribution in [0.3, 0.4) is 0 Å². The minimum Gasteiger partial charge on any atom is -0.376 e. The van der Waals surface area contributed by atoms with E-state index in [4.69, 9.17) is 0 Å². The standard InChI is InChI=1S/C15H24N2O/c1-11(2)13-6-8-14(9-7-13)16-10-15(18)17(5)12(3)4/h6-9,11-12,16H,10H2,1-5H3. The van der Waals surface area contributed by atoms with Crippen LogP contribution in [0.5, 0.6) is 0 Å². The van der Waals surface area contributed by atoms with E-state index in [0.717, 1.165) is 5.69 Å². The predicted molar refractivity (Wildman–Crippen MR) is 76.9 cm³/mol. The highest BCUT2D eigenvalue weighted by molar-refractivity contribution is 5.80. The molecular weight excluding hydrogens is 224 g/mol. The van der Waals surface area contributed by atoms with Gasteiger partial charge in [0.15, 0.2) is 0 Å². The molecule has 0 saturated heterocycles. The summed E-state index contributed by atoms with van der Waals surface area (Å²) in [4.78, 5) is 13.5. The lowest BCUT2D eigenvalue weighted by Crippen LogP contribution is -2.37. The van der Waals surface area contributed by atoms with Crippen molar-refractivity contribution in [3.05, 3.63) is 29.8 Å². The van der Waals surface area contributed by atoms with Gasteiger partial charge in [-0.05, 0) is 37.5 Å². The number of anilines is 1. The van der Waals surface area contributed by atoms with Crippen LogP contribution >= 0.6 is 0 Å². The molecule has 0 unspecified atom stereocenters. The molecule has 0 radical (unpaired) electrons. The normalized spacial score (nSPS) is 10.8. The number of carbonyl (C=O) groups excluding carboxylic acids is 1. The van der Waals surface area contributed by atoms with Crippen LogP contribution in [-0.2, 0) is 4.79 Å². The van der Waals surface area contributed by atoms with E-state index in [-0.39, 0.29) is 11.9 Å². The van der Waals surface area contributed by atoms with Crippen molar-refractivity contribution in [2.45, 2.75) is 39.7 Å². The molecule has 18 heavy (non-hydrogen) atoms. The number of rotatable bonds is 5.